The van der Waals surface area contributed by atoms with Gasteiger partial charge in [0.15, 0.2) is 5.13 Å². The zero-order chi connectivity index (χ0) is 13.0. The first-order chi connectivity index (χ1) is 7.90. The van der Waals surface area contributed by atoms with Crippen molar-refractivity contribution in [2.24, 2.45) is 11.7 Å². The molecule has 4 N–H and O–H groups in total. The molecule has 1 aromatic heterocycles. The molecule has 1 aromatic rings. The van der Waals surface area contributed by atoms with Crippen molar-refractivity contribution >= 4 is 28.3 Å². The van der Waals surface area contributed by atoms with Gasteiger partial charge in [-0.1, -0.05) is 13.8 Å². The Balaban J connectivity index is 2.72. The maximum atomic E-state index is 11.0. The Morgan fingerprint density at radius 3 is 2.65 bits per heavy atom. The first-order valence-electron chi connectivity index (χ1n) is 5.14. The van der Waals surface area contributed by atoms with E-state index in [1.165, 1.54) is 5.38 Å². The number of thiazole rings is 1. The molecule has 0 saturated heterocycles. The lowest BCUT2D eigenvalue weighted by Crippen LogP contribution is -2.30. The highest BCUT2D eigenvalue weighted by Gasteiger charge is 2.20. The van der Waals surface area contributed by atoms with Crippen LogP contribution >= 0.6 is 11.3 Å². The third-order valence-electron chi connectivity index (χ3n) is 2.06. The van der Waals surface area contributed by atoms with Crippen LogP contribution in [0.4, 0.5) is 5.13 Å². The summed E-state index contributed by atoms with van der Waals surface area (Å²) < 4.78 is 0. The predicted octanol–water partition coefficient (Wildman–Crippen LogP) is 1.15. The van der Waals surface area contributed by atoms with Crippen LogP contribution in [0.15, 0.2) is 5.38 Å². The van der Waals surface area contributed by atoms with Gasteiger partial charge in [0.1, 0.15) is 11.7 Å². The number of carbonyl (C=O) groups is 2. The number of primary amides is 1. The molecule has 1 heterocycles. The fourth-order valence-electron chi connectivity index (χ4n) is 1.30. The fourth-order valence-corrected chi connectivity index (χ4v) is 2.05. The third kappa shape index (κ3) is 4.03. The summed E-state index contributed by atoms with van der Waals surface area (Å²) in [7, 11) is 0. The van der Waals surface area contributed by atoms with Gasteiger partial charge in [0, 0.05) is 5.38 Å². The Bertz CT molecular complexity index is 417. The van der Waals surface area contributed by atoms with E-state index in [4.69, 9.17) is 10.8 Å². The lowest BCUT2D eigenvalue weighted by atomic mass is 10.0. The van der Waals surface area contributed by atoms with Crippen LogP contribution in [0.2, 0.25) is 0 Å². The van der Waals surface area contributed by atoms with Crippen LogP contribution in [0.5, 0.6) is 0 Å². The van der Waals surface area contributed by atoms with E-state index in [0.717, 1.165) is 11.3 Å². The number of carboxylic acid groups (broad SMARTS) is 1. The molecule has 1 atom stereocenters. The van der Waals surface area contributed by atoms with Gasteiger partial charge in [0.2, 0.25) is 0 Å². The van der Waals surface area contributed by atoms with Crippen LogP contribution < -0.4 is 11.1 Å². The topological polar surface area (TPSA) is 105 Å². The Morgan fingerprint density at radius 1 is 1.59 bits per heavy atom. The molecule has 0 spiro atoms. The van der Waals surface area contributed by atoms with Crippen molar-refractivity contribution in [3.63, 3.8) is 0 Å². The number of carbonyl (C=O) groups excluding carboxylic acids is 1. The maximum Gasteiger partial charge on any atom is 0.326 e. The Morgan fingerprint density at radius 2 is 2.24 bits per heavy atom. The van der Waals surface area contributed by atoms with Crippen LogP contribution in [-0.4, -0.2) is 28.0 Å². The number of nitrogens with one attached hydrogen (secondary N) is 1. The number of aromatic nitrogens is 1. The quantitative estimate of drug-likeness (QED) is 0.709. The monoisotopic (exact) mass is 257 g/mol. The molecule has 0 aliphatic rings. The number of amides is 1. The SMILES string of the molecule is CC(C)C[C@@H](Nc1nc(C(N)=O)cs1)C(=O)O. The minimum Gasteiger partial charge on any atom is -0.480 e. The number of hydrogen-bond donors (Lipinski definition) is 3. The van der Waals surface area contributed by atoms with Gasteiger partial charge < -0.3 is 16.2 Å². The molecule has 0 aliphatic heterocycles. The van der Waals surface area contributed by atoms with E-state index in [0.29, 0.717) is 11.6 Å². The summed E-state index contributed by atoms with van der Waals surface area (Å²) in [5, 5.41) is 13.7. The van der Waals surface area contributed by atoms with Crippen LogP contribution in [0, 0.1) is 5.92 Å². The van der Waals surface area contributed by atoms with Gasteiger partial charge in [0.05, 0.1) is 0 Å². The third-order valence-corrected chi connectivity index (χ3v) is 2.83. The Kier molecular flexibility index (Phi) is 4.45. The van der Waals surface area contributed by atoms with Crippen molar-refractivity contribution in [2.75, 3.05) is 5.32 Å². The van der Waals surface area contributed by atoms with Crippen molar-refractivity contribution in [3.8, 4) is 0 Å². The van der Waals surface area contributed by atoms with Crippen molar-refractivity contribution in [1.82, 2.24) is 4.98 Å². The minimum absolute atomic E-state index is 0.145. The Hall–Kier alpha value is -1.63. The van der Waals surface area contributed by atoms with E-state index in [9.17, 15) is 9.59 Å². The number of rotatable bonds is 6. The summed E-state index contributed by atoms with van der Waals surface area (Å²) in [5.74, 6) is -1.31. The van der Waals surface area contributed by atoms with Gasteiger partial charge in [-0.25, -0.2) is 9.78 Å². The highest BCUT2D eigenvalue weighted by molar-refractivity contribution is 7.13. The van der Waals surface area contributed by atoms with Gasteiger partial charge in [-0.15, -0.1) is 11.3 Å². The number of anilines is 1. The molecule has 0 saturated carbocycles. The molecule has 0 radical (unpaired) electrons. The van der Waals surface area contributed by atoms with E-state index in [1.807, 2.05) is 13.8 Å². The van der Waals surface area contributed by atoms with E-state index in [-0.39, 0.29) is 11.6 Å². The summed E-state index contributed by atoms with van der Waals surface area (Å²) in [6, 6.07) is -0.707. The van der Waals surface area contributed by atoms with E-state index in [1.54, 1.807) is 0 Å². The van der Waals surface area contributed by atoms with E-state index < -0.39 is 17.9 Å². The first kappa shape index (κ1) is 13.4. The standard InChI is InChI=1S/C10H15N3O3S/c1-5(2)3-6(9(15)16)12-10-13-7(4-17-10)8(11)14/h4-6H,3H2,1-2H3,(H2,11,14)(H,12,13)(H,15,16)/t6-/m1/s1. The largest absolute Gasteiger partial charge is 0.480 e. The molecule has 0 unspecified atom stereocenters. The molecule has 7 heteroatoms. The molecule has 0 bridgehead atoms. The van der Waals surface area contributed by atoms with Crippen molar-refractivity contribution in [3.05, 3.63) is 11.1 Å². The molecule has 94 valence electrons. The maximum absolute atomic E-state index is 11.0. The van der Waals surface area contributed by atoms with E-state index in [2.05, 4.69) is 10.3 Å². The number of nitrogens with two attached hydrogens (primary N) is 1. The van der Waals surface area contributed by atoms with Gasteiger partial charge in [-0.3, -0.25) is 4.79 Å². The predicted molar refractivity (Wildman–Crippen MR) is 65.1 cm³/mol. The molecule has 0 aromatic carbocycles. The highest BCUT2D eigenvalue weighted by Crippen LogP contribution is 2.18. The zero-order valence-electron chi connectivity index (χ0n) is 9.64. The summed E-state index contributed by atoms with van der Waals surface area (Å²) in [4.78, 5) is 25.7. The molecular formula is C10H15N3O3S. The molecular weight excluding hydrogens is 242 g/mol. The van der Waals surface area contributed by atoms with Crippen LogP contribution in [0.1, 0.15) is 30.8 Å². The molecule has 17 heavy (non-hydrogen) atoms. The second kappa shape index (κ2) is 5.62. The molecule has 0 aliphatic carbocycles. The van der Waals surface area contributed by atoms with Gasteiger partial charge in [0.25, 0.3) is 5.91 Å². The zero-order valence-corrected chi connectivity index (χ0v) is 10.5. The summed E-state index contributed by atoms with van der Waals surface area (Å²) in [6.45, 7) is 3.88. The van der Waals surface area contributed by atoms with E-state index >= 15 is 0 Å². The van der Waals surface area contributed by atoms with Crippen LogP contribution in [-0.2, 0) is 4.79 Å². The molecule has 0 fully saturated rings. The van der Waals surface area contributed by atoms with Crippen LogP contribution in [0.3, 0.4) is 0 Å². The molecule has 1 rings (SSSR count). The number of nitrogens with zero attached hydrogens (tertiary/aromatic N) is 1. The number of carboxylic acids is 1. The van der Waals surface area contributed by atoms with Crippen LogP contribution in [0.25, 0.3) is 0 Å². The second-order valence-corrected chi connectivity index (χ2v) is 4.92. The first-order valence-corrected chi connectivity index (χ1v) is 6.02. The molecule has 1 amide bonds. The van der Waals surface area contributed by atoms with Crippen molar-refractivity contribution in [1.29, 1.82) is 0 Å². The van der Waals surface area contributed by atoms with Crippen molar-refractivity contribution < 1.29 is 14.7 Å². The average Bonchev–Trinajstić information content (AvgIpc) is 2.64. The second-order valence-electron chi connectivity index (χ2n) is 4.07. The molecule has 6 nitrogen and oxygen atoms in total. The van der Waals surface area contributed by atoms with Crippen molar-refractivity contribution in [2.45, 2.75) is 26.3 Å². The smallest absolute Gasteiger partial charge is 0.326 e. The lowest BCUT2D eigenvalue weighted by Gasteiger charge is -2.15. The minimum atomic E-state index is -0.936. The van der Waals surface area contributed by atoms with Gasteiger partial charge in [-0.2, -0.15) is 0 Å². The summed E-state index contributed by atoms with van der Waals surface area (Å²) in [5.41, 5.74) is 5.20. The number of aliphatic carboxylic acids is 1. The average molecular weight is 257 g/mol. The lowest BCUT2D eigenvalue weighted by molar-refractivity contribution is -0.138. The van der Waals surface area contributed by atoms with Gasteiger partial charge in [-0.05, 0) is 12.3 Å². The highest BCUT2D eigenvalue weighted by atomic mass is 32.1. The summed E-state index contributed by atoms with van der Waals surface area (Å²) in [6.07, 6.45) is 0.487. The normalized spacial score (nSPS) is 12.4. The fraction of sp³-hybridized carbons (Fsp3) is 0.500. The Labute approximate surface area is 103 Å². The number of hydrogen-bond acceptors (Lipinski definition) is 5. The summed E-state index contributed by atoms with van der Waals surface area (Å²) >= 11 is 1.16. The van der Waals surface area contributed by atoms with Gasteiger partial charge >= 0.3 is 5.97 Å².